The van der Waals surface area contributed by atoms with Crippen molar-refractivity contribution in [3.8, 4) is 0 Å². The molecule has 1 aromatic heterocycles. The van der Waals surface area contributed by atoms with Gasteiger partial charge in [-0.2, -0.15) is 0 Å². The molecule has 0 saturated heterocycles. The summed E-state index contributed by atoms with van der Waals surface area (Å²) in [5, 5.41) is 11.2. The minimum atomic E-state index is -1.23. The summed E-state index contributed by atoms with van der Waals surface area (Å²) in [6.07, 6.45) is 2.36. The first-order valence-corrected chi connectivity index (χ1v) is 6.43. The maximum absolute atomic E-state index is 11.6. The number of carbonyl (C=O) groups excluding carboxylic acids is 2. The summed E-state index contributed by atoms with van der Waals surface area (Å²) in [6, 6.07) is 2.13. The van der Waals surface area contributed by atoms with Crippen LogP contribution in [-0.4, -0.2) is 28.9 Å². The van der Waals surface area contributed by atoms with Gasteiger partial charge in [0.25, 0.3) is 0 Å². The zero-order chi connectivity index (χ0) is 15.1. The summed E-state index contributed by atoms with van der Waals surface area (Å²) < 4.78 is 5.65. The number of carbonyl (C=O) groups is 3. The van der Waals surface area contributed by atoms with Gasteiger partial charge in [-0.1, -0.05) is 0 Å². The summed E-state index contributed by atoms with van der Waals surface area (Å²) in [7, 11) is 0. The van der Waals surface area contributed by atoms with Gasteiger partial charge in [0, 0.05) is 12.5 Å². The van der Waals surface area contributed by atoms with Crippen LogP contribution in [0.25, 0.3) is 6.08 Å². The van der Waals surface area contributed by atoms with Crippen molar-refractivity contribution >= 4 is 39.8 Å². The Morgan fingerprint density at radius 1 is 1.45 bits per heavy atom. The van der Waals surface area contributed by atoms with Gasteiger partial charge in [-0.15, -0.1) is 0 Å². The highest BCUT2D eigenvalue weighted by atomic mass is 79.9. The van der Waals surface area contributed by atoms with E-state index in [-0.39, 0.29) is 12.8 Å². The molecule has 0 aliphatic heterocycles. The predicted molar refractivity (Wildman–Crippen MR) is 73.4 cm³/mol. The van der Waals surface area contributed by atoms with Crippen LogP contribution in [0.4, 0.5) is 0 Å². The van der Waals surface area contributed by atoms with Crippen LogP contribution < -0.4 is 11.1 Å². The van der Waals surface area contributed by atoms with E-state index >= 15 is 0 Å². The van der Waals surface area contributed by atoms with Crippen molar-refractivity contribution in [3.63, 3.8) is 0 Å². The van der Waals surface area contributed by atoms with E-state index < -0.39 is 23.8 Å². The second-order valence-electron chi connectivity index (χ2n) is 3.88. The predicted octanol–water partition coefficient (Wildman–Crippen LogP) is 0.890. The summed E-state index contributed by atoms with van der Waals surface area (Å²) in [4.78, 5) is 33.1. The van der Waals surface area contributed by atoms with Crippen molar-refractivity contribution in [1.82, 2.24) is 5.32 Å². The molecule has 0 bridgehead atoms. The summed E-state index contributed by atoms with van der Waals surface area (Å²) >= 11 is 3.11. The minimum absolute atomic E-state index is 0.0590. The summed E-state index contributed by atoms with van der Waals surface area (Å²) in [5.41, 5.74) is 4.93. The Bertz CT molecular complexity index is 538. The Balaban J connectivity index is 2.55. The SMILES string of the molecule is NC(=O)CCC(NC(=O)/C=C/c1ccc(Br)o1)C(=O)O. The van der Waals surface area contributed by atoms with Gasteiger partial charge in [0.2, 0.25) is 11.8 Å². The van der Waals surface area contributed by atoms with E-state index in [2.05, 4.69) is 21.2 Å². The monoisotopic (exact) mass is 344 g/mol. The number of aliphatic carboxylic acids is 1. The number of primary amides is 1. The molecular weight excluding hydrogens is 332 g/mol. The molecule has 1 aromatic rings. The van der Waals surface area contributed by atoms with Crippen LogP contribution in [0, 0.1) is 0 Å². The first kappa shape index (κ1) is 16.0. The highest BCUT2D eigenvalue weighted by Crippen LogP contribution is 2.14. The molecule has 7 nitrogen and oxygen atoms in total. The maximum Gasteiger partial charge on any atom is 0.326 e. The molecule has 1 rings (SSSR count). The lowest BCUT2D eigenvalue weighted by Gasteiger charge is -2.11. The molecule has 2 amide bonds. The van der Waals surface area contributed by atoms with E-state index in [0.29, 0.717) is 10.4 Å². The van der Waals surface area contributed by atoms with Crippen LogP contribution in [0.3, 0.4) is 0 Å². The van der Waals surface area contributed by atoms with E-state index in [1.54, 1.807) is 12.1 Å². The minimum Gasteiger partial charge on any atom is -0.480 e. The molecule has 0 spiro atoms. The number of hydrogen-bond donors (Lipinski definition) is 3. The Hall–Kier alpha value is -2.09. The lowest BCUT2D eigenvalue weighted by atomic mass is 10.1. The summed E-state index contributed by atoms with van der Waals surface area (Å²) in [6.45, 7) is 0. The van der Waals surface area contributed by atoms with Gasteiger partial charge in [0.15, 0.2) is 4.67 Å². The van der Waals surface area contributed by atoms with E-state index in [9.17, 15) is 14.4 Å². The van der Waals surface area contributed by atoms with Gasteiger partial charge in [-0.3, -0.25) is 9.59 Å². The number of amides is 2. The van der Waals surface area contributed by atoms with Gasteiger partial charge < -0.3 is 20.6 Å². The van der Waals surface area contributed by atoms with Crippen LogP contribution in [-0.2, 0) is 14.4 Å². The van der Waals surface area contributed by atoms with Crippen LogP contribution in [0.15, 0.2) is 27.3 Å². The molecule has 0 fully saturated rings. The average molecular weight is 345 g/mol. The lowest BCUT2D eigenvalue weighted by molar-refractivity contribution is -0.141. The fraction of sp³-hybridized carbons (Fsp3) is 0.250. The third kappa shape index (κ3) is 5.70. The molecule has 1 atom stereocenters. The smallest absolute Gasteiger partial charge is 0.326 e. The zero-order valence-corrected chi connectivity index (χ0v) is 11.9. The van der Waals surface area contributed by atoms with Gasteiger partial charge in [-0.25, -0.2) is 4.79 Å². The van der Waals surface area contributed by atoms with Crippen LogP contribution in [0.2, 0.25) is 0 Å². The molecule has 4 N–H and O–H groups in total. The van der Waals surface area contributed by atoms with Gasteiger partial charge >= 0.3 is 5.97 Å². The second-order valence-corrected chi connectivity index (χ2v) is 4.66. The van der Waals surface area contributed by atoms with Crippen molar-refractivity contribution in [3.05, 3.63) is 28.6 Å². The zero-order valence-electron chi connectivity index (χ0n) is 10.3. The number of nitrogens with two attached hydrogens (primary N) is 1. The summed E-state index contributed by atoms with van der Waals surface area (Å²) in [5.74, 6) is -2.01. The average Bonchev–Trinajstić information content (AvgIpc) is 2.77. The van der Waals surface area contributed by atoms with Crippen LogP contribution in [0.5, 0.6) is 0 Å². The molecule has 0 aliphatic rings. The lowest BCUT2D eigenvalue weighted by Crippen LogP contribution is -2.40. The van der Waals surface area contributed by atoms with Crippen molar-refractivity contribution in [2.45, 2.75) is 18.9 Å². The quantitative estimate of drug-likeness (QED) is 0.634. The third-order valence-electron chi connectivity index (χ3n) is 2.29. The van der Waals surface area contributed by atoms with E-state index in [1.807, 2.05) is 0 Å². The molecule has 0 radical (unpaired) electrons. The van der Waals surface area contributed by atoms with Crippen molar-refractivity contribution in [1.29, 1.82) is 0 Å². The van der Waals surface area contributed by atoms with E-state index in [0.717, 1.165) is 6.08 Å². The number of nitrogens with one attached hydrogen (secondary N) is 1. The normalized spacial score (nSPS) is 12.2. The standard InChI is InChI=1S/C12H13BrN2O5/c13-9-4-1-7(20-9)2-6-11(17)15-8(12(18)19)3-5-10(14)16/h1-2,4,6,8H,3,5H2,(H2,14,16)(H,15,17)(H,18,19)/b6-2+. The van der Waals surface area contributed by atoms with E-state index in [4.69, 9.17) is 15.3 Å². The molecule has 0 aromatic carbocycles. The Labute approximate surface area is 122 Å². The first-order valence-electron chi connectivity index (χ1n) is 5.63. The highest BCUT2D eigenvalue weighted by molar-refractivity contribution is 9.10. The number of halogens is 1. The largest absolute Gasteiger partial charge is 0.480 e. The number of rotatable bonds is 7. The maximum atomic E-state index is 11.6. The number of carboxylic acids is 1. The Morgan fingerprint density at radius 3 is 2.65 bits per heavy atom. The highest BCUT2D eigenvalue weighted by Gasteiger charge is 2.19. The molecular formula is C12H13BrN2O5. The Morgan fingerprint density at radius 2 is 2.15 bits per heavy atom. The van der Waals surface area contributed by atoms with Crippen molar-refractivity contribution in [2.75, 3.05) is 0 Å². The first-order chi connectivity index (χ1) is 9.38. The topological polar surface area (TPSA) is 123 Å². The van der Waals surface area contributed by atoms with Crippen LogP contribution >= 0.6 is 15.9 Å². The fourth-order valence-corrected chi connectivity index (χ4v) is 1.66. The van der Waals surface area contributed by atoms with Crippen molar-refractivity contribution < 1.29 is 23.9 Å². The molecule has 0 saturated carbocycles. The van der Waals surface area contributed by atoms with Gasteiger partial charge in [0.1, 0.15) is 11.8 Å². The van der Waals surface area contributed by atoms with E-state index in [1.165, 1.54) is 6.08 Å². The second kappa shape index (κ2) is 7.49. The Kier molecular flexibility index (Phi) is 5.98. The van der Waals surface area contributed by atoms with Gasteiger partial charge in [0.05, 0.1) is 0 Å². The molecule has 108 valence electrons. The third-order valence-corrected chi connectivity index (χ3v) is 2.71. The molecule has 8 heteroatoms. The van der Waals surface area contributed by atoms with Gasteiger partial charge in [-0.05, 0) is 40.6 Å². The molecule has 20 heavy (non-hydrogen) atoms. The fourth-order valence-electron chi connectivity index (χ4n) is 1.34. The number of furan rings is 1. The number of carboxylic acid groups (broad SMARTS) is 1. The van der Waals surface area contributed by atoms with Crippen LogP contribution in [0.1, 0.15) is 18.6 Å². The molecule has 1 heterocycles. The number of hydrogen-bond acceptors (Lipinski definition) is 4. The van der Waals surface area contributed by atoms with Crippen molar-refractivity contribution in [2.24, 2.45) is 5.73 Å². The molecule has 1 unspecified atom stereocenters. The molecule has 0 aliphatic carbocycles.